The van der Waals surface area contributed by atoms with E-state index in [4.69, 9.17) is 0 Å². The van der Waals surface area contributed by atoms with Crippen molar-refractivity contribution in [2.45, 2.75) is 75.8 Å². The van der Waals surface area contributed by atoms with Crippen LogP contribution in [0.25, 0.3) is 0 Å². The molecule has 164 valence electrons. The molecule has 0 saturated heterocycles. The molecule has 1 aromatic heterocycles. The molecule has 0 aliphatic heterocycles. The summed E-state index contributed by atoms with van der Waals surface area (Å²) in [5.41, 5.74) is -0.0659. The number of sulfonamides is 1. The van der Waals surface area contributed by atoms with E-state index < -0.39 is 15.9 Å². The average molecular weight is 435 g/mol. The Balaban J connectivity index is 1.80. The van der Waals surface area contributed by atoms with E-state index in [1.807, 2.05) is 20.8 Å². The van der Waals surface area contributed by atoms with Crippen LogP contribution in [0.2, 0.25) is 0 Å². The van der Waals surface area contributed by atoms with Gasteiger partial charge >= 0.3 is 0 Å². The molecule has 2 aromatic rings. The Morgan fingerprint density at radius 1 is 1.20 bits per heavy atom. The summed E-state index contributed by atoms with van der Waals surface area (Å²) in [7, 11) is -2.11. The SMILES string of the molecule is CN(C1CCCCC1)S(=O)(=O)c1ccccc1NC(=O)Cn1nnnc1C(C)(C)C. The van der Waals surface area contributed by atoms with Gasteiger partial charge in [0.15, 0.2) is 5.82 Å². The number of tetrazole rings is 1. The number of hydrogen-bond donors (Lipinski definition) is 1. The summed E-state index contributed by atoms with van der Waals surface area (Å²) in [5, 5.41) is 14.3. The second-order valence-electron chi connectivity index (χ2n) is 8.77. The van der Waals surface area contributed by atoms with Crippen LogP contribution in [-0.4, -0.2) is 51.9 Å². The number of para-hydroxylation sites is 1. The number of nitrogens with zero attached hydrogens (tertiary/aromatic N) is 5. The van der Waals surface area contributed by atoms with E-state index >= 15 is 0 Å². The van der Waals surface area contributed by atoms with E-state index in [1.54, 1.807) is 25.2 Å². The van der Waals surface area contributed by atoms with E-state index in [-0.39, 0.29) is 28.6 Å². The van der Waals surface area contributed by atoms with Crippen LogP contribution in [0.5, 0.6) is 0 Å². The van der Waals surface area contributed by atoms with E-state index in [2.05, 4.69) is 20.8 Å². The lowest BCUT2D eigenvalue weighted by atomic mass is 9.96. The standard InChI is InChI=1S/C20H30N6O3S/c1-20(2,3)19-22-23-24-26(19)14-18(27)21-16-12-8-9-13-17(16)30(28,29)25(4)15-10-6-5-7-11-15/h8-9,12-13,15H,5-7,10-11,14H2,1-4H3,(H,21,27). The number of rotatable bonds is 6. The monoisotopic (exact) mass is 434 g/mol. The lowest BCUT2D eigenvalue weighted by molar-refractivity contribution is -0.117. The zero-order chi connectivity index (χ0) is 21.9. The fraction of sp³-hybridized carbons (Fsp3) is 0.600. The summed E-state index contributed by atoms with van der Waals surface area (Å²) in [4.78, 5) is 12.8. The predicted molar refractivity (Wildman–Crippen MR) is 113 cm³/mol. The Morgan fingerprint density at radius 3 is 2.53 bits per heavy atom. The predicted octanol–water partition coefficient (Wildman–Crippen LogP) is 2.56. The zero-order valence-electron chi connectivity index (χ0n) is 18.0. The van der Waals surface area contributed by atoms with Crippen molar-refractivity contribution in [1.29, 1.82) is 0 Å². The molecule has 3 rings (SSSR count). The summed E-state index contributed by atoms with van der Waals surface area (Å²) >= 11 is 0. The third kappa shape index (κ3) is 4.86. The van der Waals surface area contributed by atoms with Gasteiger partial charge in [-0.2, -0.15) is 4.31 Å². The molecule has 1 fully saturated rings. The van der Waals surface area contributed by atoms with Crippen LogP contribution in [0.1, 0.15) is 58.7 Å². The van der Waals surface area contributed by atoms with Crippen LogP contribution in [0.15, 0.2) is 29.2 Å². The largest absolute Gasteiger partial charge is 0.323 e. The smallest absolute Gasteiger partial charge is 0.246 e. The molecule has 1 N–H and O–H groups in total. The number of anilines is 1. The average Bonchev–Trinajstić information content (AvgIpc) is 3.17. The first-order valence-electron chi connectivity index (χ1n) is 10.2. The molecule has 1 aliphatic carbocycles. The normalized spacial score (nSPS) is 16.0. The van der Waals surface area contributed by atoms with E-state index in [9.17, 15) is 13.2 Å². The Bertz CT molecular complexity index is 990. The number of hydrogen-bond acceptors (Lipinski definition) is 6. The minimum absolute atomic E-state index is 0.0110. The molecule has 10 heteroatoms. The summed E-state index contributed by atoms with van der Waals surface area (Å²) in [5.74, 6) is 0.186. The van der Waals surface area contributed by atoms with Crippen molar-refractivity contribution in [3.05, 3.63) is 30.1 Å². The molecule has 1 amide bonds. The molecule has 0 unspecified atom stereocenters. The maximum atomic E-state index is 13.3. The molecular weight excluding hydrogens is 404 g/mol. The van der Waals surface area contributed by atoms with Crippen LogP contribution in [-0.2, 0) is 26.8 Å². The van der Waals surface area contributed by atoms with Crippen LogP contribution in [0.4, 0.5) is 5.69 Å². The topological polar surface area (TPSA) is 110 Å². The van der Waals surface area contributed by atoms with Gasteiger partial charge in [0.25, 0.3) is 0 Å². The second kappa shape index (κ2) is 8.81. The van der Waals surface area contributed by atoms with Gasteiger partial charge in [-0.3, -0.25) is 4.79 Å². The maximum Gasteiger partial charge on any atom is 0.246 e. The molecule has 1 saturated carbocycles. The first-order chi connectivity index (χ1) is 14.1. The van der Waals surface area contributed by atoms with Gasteiger partial charge < -0.3 is 5.32 Å². The quantitative estimate of drug-likeness (QED) is 0.748. The van der Waals surface area contributed by atoms with E-state index in [0.717, 1.165) is 32.1 Å². The highest BCUT2D eigenvalue weighted by molar-refractivity contribution is 7.89. The van der Waals surface area contributed by atoms with Crippen LogP contribution in [0.3, 0.4) is 0 Å². The molecular formula is C20H30N6O3S. The molecule has 0 bridgehead atoms. The number of nitrogens with one attached hydrogen (secondary N) is 1. The molecule has 1 aliphatic rings. The van der Waals surface area contributed by atoms with E-state index in [1.165, 1.54) is 15.1 Å². The highest BCUT2D eigenvalue weighted by Crippen LogP contribution is 2.30. The lowest BCUT2D eigenvalue weighted by Crippen LogP contribution is -2.38. The van der Waals surface area contributed by atoms with Gasteiger partial charge in [-0.25, -0.2) is 13.1 Å². The molecule has 0 spiro atoms. The van der Waals surface area contributed by atoms with Crippen LogP contribution < -0.4 is 5.32 Å². The number of aromatic nitrogens is 4. The van der Waals surface area contributed by atoms with E-state index in [0.29, 0.717) is 5.82 Å². The third-order valence-electron chi connectivity index (χ3n) is 5.40. The van der Waals surface area contributed by atoms with Crippen molar-refractivity contribution in [1.82, 2.24) is 24.5 Å². The molecule has 9 nitrogen and oxygen atoms in total. The molecule has 1 aromatic carbocycles. The molecule has 0 atom stereocenters. The van der Waals surface area contributed by atoms with Crippen molar-refractivity contribution in [3.8, 4) is 0 Å². The van der Waals surface area contributed by atoms with Crippen molar-refractivity contribution in [3.63, 3.8) is 0 Å². The van der Waals surface area contributed by atoms with Gasteiger partial charge in [-0.05, 0) is 35.4 Å². The summed E-state index contributed by atoms with van der Waals surface area (Å²) in [6, 6.07) is 6.48. The van der Waals surface area contributed by atoms with Crippen LogP contribution in [0, 0.1) is 0 Å². The fourth-order valence-electron chi connectivity index (χ4n) is 3.76. The Morgan fingerprint density at radius 2 is 1.87 bits per heavy atom. The molecule has 1 heterocycles. The minimum atomic E-state index is -3.74. The maximum absolute atomic E-state index is 13.3. The second-order valence-corrected chi connectivity index (χ2v) is 10.7. The van der Waals surface area contributed by atoms with Gasteiger partial charge in [-0.15, -0.1) is 5.10 Å². The zero-order valence-corrected chi connectivity index (χ0v) is 18.8. The Labute approximate surface area is 177 Å². The summed E-state index contributed by atoms with van der Waals surface area (Å²) < 4.78 is 29.4. The van der Waals surface area contributed by atoms with Crippen molar-refractivity contribution < 1.29 is 13.2 Å². The third-order valence-corrected chi connectivity index (χ3v) is 7.37. The summed E-state index contributed by atoms with van der Waals surface area (Å²) in [6.45, 7) is 5.76. The molecule has 30 heavy (non-hydrogen) atoms. The summed E-state index contributed by atoms with van der Waals surface area (Å²) in [6.07, 6.45) is 4.93. The first-order valence-corrected chi connectivity index (χ1v) is 11.7. The van der Waals surface area contributed by atoms with Crippen molar-refractivity contribution >= 4 is 21.6 Å². The molecule has 0 radical (unpaired) electrons. The highest BCUT2D eigenvalue weighted by Gasteiger charge is 2.31. The van der Waals surface area contributed by atoms with Gasteiger partial charge in [0, 0.05) is 18.5 Å². The number of carbonyl (C=O) groups is 1. The van der Waals surface area contributed by atoms with Gasteiger partial charge in [0.2, 0.25) is 15.9 Å². The van der Waals surface area contributed by atoms with Gasteiger partial charge in [-0.1, -0.05) is 52.2 Å². The fourth-order valence-corrected chi connectivity index (χ4v) is 5.33. The van der Waals surface area contributed by atoms with Gasteiger partial charge in [0.1, 0.15) is 11.4 Å². The van der Waals surface area contributed by atoms with Crippen molar-refractivity contribution in [2.75, 3.05) is 12.4 Å². The lowest BCUT2D eigenvalue weighted by Gasteiger charge is -2.30. The van der Waals surface area contributed by atoms with Gasteiger partial charge in [0.05, 0.1) is 5.69 Å². The number of carbonyl (C=O) groups excluding carboxylic acids is 1. The Hall–Kier alpha value is -2.33. The minimum Gasteiger partial charge on any atom is -0.323 e. The first kappa shape index (κ1) is 22.4. The number of benzene rings is 1. The number of amides is 1. The van der Waals surface area contributed by atoms with Crippen LogP contribution >= 0.6 is 0 Å². The van der Waals surface area contributed by atoms with Crippen molar-refractivity contribution in [2.24, 2.45) is 0 Å². The Kier molecular flexibility index (Phi) is 6.56. The highest BCUT2D eigenvalue weighted by atomic mass is 32.2.